The maximum absolute atomic E-state index is 5.67. The number of aromatic nitrogens is 1. The molecule has 0 bridgehead atoms. The fraction of sp³-hybridized carbons (Fsp3) is 0.214. The minimum atomic E-state index is 0.552. The molecule has 0 saturated carbocycles. The first-order chi connectivity index (χ1) is 8.81. The molecule has 1 aliphatic rings. The van der Waals surface area contributed by atoms with Gasteiger partial charge in [0.2, 0.25) is 5.88 Å². The van der Waals surface area contributed by atoms with Crippen molar-refractivity contribution in [1.82, 2.24) is 10.3 Å². The highest BCUT2D eigenvalue weighted by atomic mass is 79.9. The molecule has 1 N–H and O–H groups in total. The number of fused-ring (bicyclic) bond motifs is 1. The largest absolute Gasteiger partial charge is 0.473 e. The van der Waals surface area contributed by atoms with Crippen LogP contribution in [0.25, 0.3) is 0 Å². The zero-order chi connectivity index (χ0) is 12.4. The molecule has 92 valence electrons. The summed E-state index contributed by atoms with van der Waals surface area (Å²) in [7, 11) is 0. The smallest absolute Gasteiger partial charge is 0.214 e. The minimum Gasteiger partial charge on any atom is -0.473 e. The zero-order valence-electron chi connectivity index (χ0n) is 9.82. The molecule has 0 spiro atoms. The van der Waals surface area contributed by atoms with E-state index in [2.05, 4.69) is 44.4 Å². The third-order valence-electron chi connectivity index (χ3n) is 2.98. The summed E-state index contributed by atoms with van der Waals surface area (Å²) >= 11 is 3.33. The Morgan fingerprint density at radius 1 is 1.17 bits per heavy atom. The molecule has 1 aromatic carbocycles. The molecule has 18 heavy (non-hydrogen) atoms. The molecule has 1 aromatic heterocycles. The molecule has 2 aromatic rings. The van der Waals surface area contributed by atoms with E-state index in [4.69, 9.17) is 4.74 Å². The summed E-state index contributed by atoms with van der Waals surface area (Å²) in [5, 5.41) is 3.34. The lowest BCUT2D eigenvalue weighted by atomic mass is 10.1. The Balaban J connectivity index is 1.70. The van der Waals surface area contributed by atoms with Crippen LogP contribution in [0.5, 0.6) is 5.88 Å². The lowest BCUT2D eigenvalue weighted by molar-refractivity contribution is 0.293. The van der Waals surface area contributed by atoms with Gasteiger partial charge in [0.25, 0.3) is 0 Å². The van der Waals surface area contributed by atoms with E-state index in [9.17, 15) is 0 Å². The molecule has 3 rings (SSSR count). The lowest BCUT2D eigenvalue weighted by Crippen LogP contribution is -2.00. The van der Waals surface area contributed by atoms with E-state index in [1.54, 1.807) is 0 Å². The summed E-state index contributed by atoms with van der Waals surface area (Å²) in [6.07, 6.45) is 0. The summed E-state index contributed by atoms with van der Waals surface area (Å²) in [6, 6.07) is 12.1. The van der Waals surface area contributed by atoms with Crippen molar-refractivity contribution in [3.63, 3.8) is 0 Å². The second-order valence-electron chi connectivity index (χ2n) is 4.29. The molecule has 2 heterocycles. The topological polar surface area (TPSA) is 34.1 Å². The van der Waals surface area contributed by atoms with Crippen molar-refractivity contribution < 1.29 is 4.74 Å². The van der Waals surface area contributed by atoms with Crippen molar-refractivity contribution in [1.29, 1.82) is 0 Å². The Hall–Kier alpha value is -1.39. The number of ether oxygens (including phenoxy) is 1. The van der Waals surface area contributed by atoms with Gasteiger partial charge in [0.05, 0.1) is 0 Å². The van der Waals surface area contributed by atoms with Crippen LogP contribution in [-0.4, -0.2) is 4.98 Å². The number of hydrogen-bond donors (Lipinski definition) is 1. The molecule has 0 aliphatic carbocycles. The van der Waals surface area contributed by atoms with Crippen LogP contribution in [-0.2, 0) is 19.7 Å². The van der Waals surface area contributed by atoms with Gasteiger partial charge in [0.15, 0.2) is 0 Å². The van der Waals surface area contributed by atoms with Crippen LogP contribution >= 0.6 is 15.9 Å². The van der Waals surface area contributed by atoms with E-state index in [1.807, 2.05) is 18.2 Å². The monoisotopic (exact) mass is 304 g/mol. The predicted molar refractivity (Wildman–Crippen MR) is 73.3 cm³/mol. The van der Waals surface area contributed by atoms with Crippen LogP contribution in [0.3, 0.4) is 0 Å². The van der Waals surface area contributed by atoms with Gasteiger partial charge in [-0.3, -0.25) is 0 Å². The summed E-state index contributed by atoms with van der Waals surface area (Å²) < 4.78 is 6.46. The maximum Gasteiger partial charge on any atom is 0.214 e. The Bertz CT molecular complexity index is 571. The Morgan fingerprint density at radius 2 is 2.06 bits per heavy atom. The molecular weight excluding hydrogens is 292 g/mol. The van der Waals surface area contributed by atoms with E-state index in [1.165, 1.54) is 16.7 Å². The third-order valence-corrected chi connectivity index (χ3v) is 3.42. The molecule has 0 atom stereocenters. The Morgan fingerprint density at radius 3 is 2.94 bits per heavy atom. The van der Waals surface area contributed by atoms with Crippen molar-refractivity contribution in [2.24, 2.45) is 0 Å². The first-order valence-corrected chi connectivity index (χ1v) is 6.67. The van der Waals surface area contributed by atoms with Crippen molar-refractivity contribution >= 4 is 15.9 Å². The van der Waals surface area contributed by atoms with Gasteiger partial charge in [0, 0.05) is 19.2 Å². The third kappa shape index (κ3) is 2.54. The van der Waals surface area contributed by atoms with E-state index in [0.29, 0.717) is 12.5 Å². The fourth-order valence-corrected chi connectivity index (χ4v) is 2.39. The minimum absolute atomic E-state index is 0.552. The molecule has 1 aliphatic heterocycles. The highest BCUT2D eigenvalue weighted by Crippen LogP contribution is 2.19. The van der Waals surface area contributed by atoms with Gasteiger partial charge in [-0.1, -0.05) is 24.3 Å². The highest BCUT2D eigenvalue weighted by Gasteiger charge is 2.10. The summed E-state index contributed by atoms with van der Waals surface area (Å²) in [4.78, 5) is 4.24. The van der Waals surface area contributed by atoms with Gasteiger partial charge in [-0.15, -0.1) is 0 Å². The van der Waals surface area contributed by atoms with Crippen LogP contribution in [0.4, 0.5) is 0 Å². The van der Waals surface area contributed by atoms with Crippen LogP contribution < -0.4 is 10.1 Å². The number of nitrogens with one attached hydrogen (secondary N) is 1. The summed E-state index contributed by atoms with van der Waals surface area (Å²) in [5.74, 6) is 0.642. The van der Waals surface area contributed by atoms with Crippen molar-refractivity contribution in [3.8, 4) is 5.88 Å². The van der Waals surface area contributed by atoms with Crippen LogP contribution in [0.1, 0.15) is 16.7 Å². The summed E-state index contributed by atoms with van der Waals surface area (Å²) in [6.45, 7) is 2.48. The second-order valence-corrected chi connectivity index (χ2v) is 5.11. The molecule has 4 heteroatoms. The Kier molecular flexibility index (Phi) is 3.30. The second kappa shape index (κ2) is 5.08. The highest BCUT2D eigenvalue weighted by molar-refractivity contribution is 9.10. The van der Waals surface area contributed by atoms with Gasteiger partial charge in [-0.25, -0.2) is 4.98 Å². The maximum atomic E-state index is 5.67. The number of pyridine rings is 1. The molecule has 3 nitrogen and oxygen atoms in total. The predicted octanol–water partition coefficient (Wildman–Crippen LogP) is 3.03. The molecular formula is C14H13BrN2O. The van der Waals surface area contributed by atoms with Crippen molar-refractivity contribution in [2.75, 3.05) is 0 Å². The molecule has 0 radical (unpaired) electrons. The molecule has 0 saturated heterocycles. The van der Waals surface area contributed by atoms with Gasteiger partial charge in [0.1, 0.15) is 11.2 Å². The number of halogens is 1. The number of hydrogen-bond acceptors (Lipinski definition) is 3. The van der Waals surface area contributed by atoms with Gasteiger partial charge in [-0.2, -0.15) is 0 Å². The first-order valence-electron chi connectivity index (χ1n) is 5.88. The molecule has 0 unspecified atom stereocenters. The van der Waals surface area contributed by atoms with E-state index >= 15 is 0 Å². The number of benzene rings is 1. The molecule has 0 amide bonds. The standard InChI is InChI=1S/C14H13BrN2O/c15-13-2-1-3-14(17-13)18-9-10-4-5-11-7-16-8-12(11)6-10/h1-6,16H,7-9H2. The van der Waals surface area contributed by atoms with Crippen LogP contribution in [0.2, 0.25) is 0 Å². The number of nitrogens with zero attached hydrogens (tertiary/aromatic N) is 1. The SMILES string of the molecule is Brc1cccc(OCc2ccc3c(c2)CNC3)n1. The van der Waals surface area contributed by atoms with E-state index < -0.39 is 0 Å². The average Bonchev–Trinajstić information content (AvgIpc) is 2.84. The fourth-order valence-electron chi connectivity index (χ4n) is 2.07. The number of rotatable bonds is 3. The van der Waals surface area contributed by atoms with Crippen molar-refractivity contribution in [2.45, 2.75) is 19.7 Å². The Labute approximate surface area is 114 Å². The van der Waals surface area contributed by atoms with Gasteiger partial charge >= 0.3 is 0 Å². The van der Waals surface area contributed by atoms with Crippen LogP contribution in [0, 0.1) is 0 Å². The van der Waals surface area contributed by atoms with E-state index in [-0.39, 0.29) is 0 Å². The van der Waals surface area contributed by atoms with E-state index in [0.717, 1.165) is 17.7 Å². The van der Waals surface area contributed by atoms with Crippen LogP contribution in [0.15, 0.2) is 41.0 Å². The summed E-state index contributed by atoms with van der Waals surface area (Å²) in [5.41, 5.74) is 3.94. The van der Waals surface area contributed by atoms with Crippen molar-refractivity contribution in [3.05, 3.63) is 57.7 Å². The van der Waals surface area contributed by atoms with Gasteiger partial charge < -0.3 is 10.1 Å². The first kappa shape index (κ1) is 11.7. The normalized spacial score (nSPS) is 13.4. The zero-order valence-corrected chi connectivity index (χ0v) is 11.4. The lowest BCUT2D eigenvalue weighted by Gasteiger charge is -2.07. The quantitative estimate of drug-likeness (QED) is 0.885. The van der Waals surface area contributed by atoms with Gasteiger partial charge in [-0.05, 0) is 38.7 Å². The molecule has 0 fully saturated rings. The average molecular weight is 305 g/mol.